The molecule has 10 heteroatoms. The van der Waals surface area contributed by atoms with E-state index in [9.17, 15) is 18.0 Å². The molecule has 0 spiro atoms. The van der Waals surface area contributed by atoms with Crippen molar-refractivity contribution in [2.24, 2.45) is 0 Å². The van der Waals surface area contributed by atoms with Crippen LogP contribution in [0.2, 0.25) is 0 Å². The minimum absolute atomic E-state index is 0.00819. The van der Waals surface area contributed by atoms with Crippen LogP contribution in [0.15, 0.2) is 9.13 Å². The molecule has 2 aromatic heterocycles. The van der Waals surface area contributed by atoms with Crippen molar-refractivity contribution in [2.75, 3.05) is 19.5 Å². The fourth-order valence-electron chi connectivity index (χ4n) is 2.44. The molecule has 2 aromatic rings. The normalized spacial score (nSPS) is 17.3. The van der Waals surface area contributed by atoms with Crippen LogP contribution in [-0.4, -0.2) is 34.0 Å². The maximum Gasteiger partial charge on any atom is 0.449 e. The highest BCUT2D eigenvalue weighted by Gasteiger charge is 2.39. The number of aromatic nitrogens is 3. The number of nitrogens with zero attached hydrogens (tertiary/aromatic N) is 3. The van der Waals surface area contributed by atoms with E-state index in [0.29, 0.717) is 30.4 Å². The van der Waals surface area contributed by atoms with E-state index in [-0.39, 0.29) is 10.3 Å². The van der Waals surface area contributed by atoms with E-state index in [4.69, 9.17) is 4.74 Å². The molecule has 0 amide bonds. The van der Waals surface area contributed by atoms with Crippen LogP contribution in [0, 0.1) is 0 Å². The summed E-state index contributed by atoms with van der Waals surface area (Å²) in [6, 6.07) is -0.561. The van der Waals surface area contributed by atoms with Gasteiger partial charge in [0.25, 0.3) is 5.56 Å². The molecule has 0 bridgehead atoms. The fourth-order valence-corrected chi connectivity index (χ4v) is 3.85. The Balaban J connectivity index is 2.26. The zero-order valence-electron chi connectivity index (χ0n) is 11.5. The van der Waals surface area contributed by atoms with Gasteiger partial charge in [-0.2, -0.15) is 13.2 Å². The lowest BCUT2D eigenvalue weighted by atomic mass is 10.1. The van der Waals surface area contributed by atoms with Gasteiger partial charge in [0.05, 0.1) is 0 Å². The van der Waals surface area contributed by atoms with Crippen molar-refractivity contribution in [1.82, 2.24) is 14.5 Å². The van der Waals surface area contributed by atoms with E-state index in [1.54, 1.807) is 6.26 Å². The number of thioether (sulfide) groups is 1. The van der Waals surface area contributed by atoms with Crippen LogP contribution in [0.4, 0.5) is 13.2 Å². The van der Waals surface area contributed by atoms with Gasteiger partial charge in [-0.25, -0.2) is 9.97 Å². The molecule has 0 radical (unpaired) electrons. The van der Waals surface area contributed by atoms with Crippen molar-refractivity contribution < 1.29 is 17.9 Å². The zero-order valence-corrected chi connectivity index (χ0v) is 13.1. The minimum atomic E-state index is -4.69. The van der Waals surface area contributed by atoms with Gasteiger partial charge in [-0.05, 0) is 19.1 Å². The molecule has 0 atom stereocenters. The predicted octanol–water partition coefficient (Wildman–Crippen LogP) is 2.95. The summed E-state index contributed by atoms with van der Waals surface area (Å²) in [4.78, 5) is 20.4. The monoisotopic (exact) mass is 351 g/mol. The summed E-state index contributed by atoms with van der Waals surface area (Å²) >= 11 is 2.28. The van der Waals surface area contributed by atoms with Crippen LogP contribution in [0.25, 0.3) is 10.3 Å². The Morgan fingerprint density at radius 3 is 2.59 bits per heavy atom. The van der Waals surface area contributed by atoms with Crippen LogP contribution in [0.3, 0.4) is 0 Å². The molecule has 0 aliphatic carbocycles. The number of ether oxygens (including phenoxy) is 1. The Bertz CT molecular complexity index is 750. The summed E-state index contributed by atoms with van der Waals surface area (Å²) < 4.78 is 46.4. The Kier molecular flexibility index (Phi) is 4.17. The Morgan fingerprint density at radius 2 is 2.00 bits per heavy atom. The lowest BCUT2D eigenvalue weighted by molar-refractivity contribution is -0.149. The van der Waals surface area contributed by atoms with Crippen molar-refractivity contribution in [3.8, 4) is 0 Å². The predicted molar refractivity (Wildman–Crippen MR) is 77.5 cm³/mol. The van der Waals surface area contributed by atoms with Crippen LogP contribution in [0.1, 0.15) is 24.7 Å². The maximum absolute atomic E-state index is 13.3. The topological polar surface area (TPSA) is 57.0 Å². The van der Waals surface area contributed by atoms with E-state index < -0.39 is 23.6 Å². The number of hydrogen-bond acceptors (Lipinski definition) is 6. The number of rotatable bonds is 2. The van der Waals surface area contributed by atoms with Gasteiger partial charge < -0.3 is 4.74 Å². The van der Waals surface area contributed by atoms with Crippen molar-refractivity contribution >= 4 is 33.4 Å². The van der Waals surface area contributed by atoms with E-state index >= 15 is 0 Å². The molecule has 0 aromatic carbocycles. The smallest absolute Gasteiger partial charge is 0.381 e. The summed E-state index contributed by atoms with van der Waals surface area (Å²) in [5.41, 5.74) is -0.713. The number of alkyl halides is 3. The number of fused-ring (bicyclic) bond motifs is 1. The number of thiazole rings is 1. The Labute approximate surface area is 131 Å². The quantitative estimate of drug-likeness (QED) is 0.779. The van der Waals surface area contributed by atoms with Gasteiger partial charge in [0.15, 0.2) is 14.7 Å². The van der Waals surface area contributed by atoms with Gasteiger partial charge >= 0.3 is 6.18 Å². The minimum Gasteiger partial charge on any atom is -0.381 e. The largest absolute Gasteiger partial charge is 0.449 e. The second-order valence-corrected chi connectivity index (χ2v) is 6.82. The van der Waals surface area contributed by atoms with Gasteiger partial charge in [0.1, 0.15) is 0 Å². The van der Waals surface area contributed by atoms with Crippen molar-refractivity contribution in [1.29, 1.82) is 0 Å². The first kappa shape index (κ1) is 15.8. The first-order chi connectivity index (χ1) is 10.4. The van der Waals surface area contributed by atoms with E-state index in [1.165, 1.54) is 11.8 Å². The molecule has 1 aliphatic heterocycles. The third-order valence-electron chi connectivity index (χ3n) is 3.43. The van der Waals surface area contributed by atoms with Crippen LogP contribution in [0.5, 0.6) is 0 Å². The summed E-state index contributed by atoms with van der Waals surface area (Å²) in [5, 5.41) is 0. The standard InChI is InChI=1S/C12H12F3N3O2S2/c1-21-11-16-7-8(22-11)17-10(12(13,14)15)18(9(7)19)6-2-4-20-5-3-6/h6H,2-5H2,1H3. The molecule has 5 nitrogen and oxygen atoms in total. The van der Waals surface area contributed by atoms with Gasteiger partial charge in [-0.1, -0.05) is 23.1 Å². The Hall–Kier alpha value is -1.13. The van der Waals surface area contributed by atoms with Crippen LogP contribution < -0.4 is 5.56 Å². The van der Waals surface area contributed by atoms with Crippen molar-refractivity contribution in [3.05, 3.63) is 16.2 Å². The molecule has 3 heterocycles. The number of halogens is 3. The third-order valence-corrected chi connectivity index (χ3v) is 5.37. The fraction of sp³-hybridized carbons (Fsp3) is 0.583. The van der Waals surface area contributed by atoms with Crippen molar-refractivity contribution in [2.45, 2.75) is 29.4 Å². The lowest BCUT2D eigenvalue weighted by Crippen LogP contribution is -2.35. The molecule has 1 aliphatic rings. The van der Waals surface area contributed by atoms with Gasteiger partial charge in [0.2, 0.25) is 5.82 Å². The summed E-state index contributed by atoms with van der Waals surface area (Å²) in [5.74, 6) is -1.15. The second kappa shape index (κ2) is 5.82. The second-order valence-electron chi connectivity index (χ2n) is 4.79. The Morgan fingerprint density at radius 1 is 1.32 bits per heavy atom. The number of hydrogen-bond donors (Lipinski definition) is 0. The molecular formula is C12H12F3N3O2S2. The highest BCUT2D eigenvalue weighted by atomic mass is 32.2. The third kappa shape index (κ3) is 2.74. The highest BCUT2D eigenvalue weighted by Crippen LogP contribution is 2.34. The maximum atomic E-state index is 13.3. The summed E-state index contributed by atoms with van der Waals surface area (Å²) in [7, 11) is 0. The molecule has 1 fully saturated rings. The first-order valence-corrected chi connectivity index (χ1v) is 8.58. The molecule has 0 saturated carbocycles. The van der Waals surface area contributed by atoms with Gasteiger partial charge in [0, 0.05) is 19.3 Å². The zero-order chi connectivity index (χ0) is 15.9. The van der Waals surface area contributed by atoms with Gasteiger partial charge in [-0.15, -0.1) is 0 Å². The molecular weight excluding hydrogens is 339 g/mol. The van der Waals surface area contributed by atoms with Crippen LogP contribution >= 0.6 is 23.1 Å². The summed E-state index contributed by atoms with van der Waals surface area (Å²) in [6.07, 6.45) is -2.22. The van der Waals surface area contributed by atoms with Crippen LogP contribution in [-0.2, 0) is 10.9 Å². The van der Waals surface area contributed by atoms with E-state index in [2.05, 4.69) is 9.97 Å². The molecule has 22 heavy (non-hydrogen) atoms. The first-order valence-electron chi connectivity index (χ1n) is 6.54. The SMILES string of the molecule is CSc1nc2c(=O)n(C3CCOCC3)c(C(F)(F)F)nc2s1. The highest BCUT2D eigenvalue weighted by molar-refractivity contribution is 8.00. The lowest BCUT2D eigenvalue weighted by Gasteiger charge is -2.26. The summed E-state index contributed by atoms with van der Waals surface area (Å²) in [6.45, 7) is 0.666. The molecule has 0 N–H and O–H groups in total. The molecule has 0 unspecified atom stereocenters. The van der Waals surface area contributed by atoms with E-state index in [1.807, 2.05) is 0 Å². The molecule has 120 valence electrons. The van der Waals surface area contributed by atoms with E-state index in [0.717, 1.165) is 15.9 Å². The van der Waals surface area contributed by atoms with Gasteiger partial charge in [-0.3, -0.25) is 9.36 Å². The molecule has 3 rings (SSSR count). The average Bonchev–Trinajstić information content (AvgIpc) is 2.91. The van der Waals surface area contributed by atoms with Crippen molar-refractivity contribution in [3.63, 3.8) is 0 Å². The average molecular weight is 351 g/mol. The molecule has 1 saturated heterocycles.